The Kier molecular flexibility index (Phi) is 3.58. The highest BCUT2D eigenvalue weighted by Gasteiger charge is 2.87. The van der Waals surface area contributed by atoms with Crippen LogP contribution in [0.15, 0.2) is 23.8 Å². The second-order valence-corrected chi connectivity index (χ2v) is 9.54. The number of allylic oxidation sites excluding steroid dienone is 1. The Morgan fingerprint density at radius 3 is 2.48 bits per heavy atom. The molecule has 4 fully saturated rings. The van der Waals surface area contributed by atoms with Gasteiger partial charge < -0.3 is 40.1 Å². The lowest BCUT2D eigenvalue weighted by Crippen LogP contribution is -2.83. The van der Waals surface area contributed by atoms with Crippen molar-refractivity contribution in [3.63, 3.8) is 0 Å². The van der Waals surface area contributed by atoms with Crippen molar-refractivity contribution in [3.8, 4) is 0 Å². The summed E-state index contributed by atoms with van der Waals surface area (Å²) in [7, 11) is 0. The molecule has 2 saturated heterocycles. The third kappa shape index (κ3) is 1.74. The number of fused-ring (bicyclic) bond motifs is 1. The van der Waals surface area contributed by atoms with Crippen molar-refractivity contribution in [2.45, 2.75) is 62.2 Å². The van der Waals surface area contributed by atoms with Crippen LogP contribution in [0.5, 0.6) is 0 Å². The first kappa shape index (κ1) is 19.6. The lowest BCUT2D eigenvalue weighted by atomic mass is 9.37. The molecule has 2 bridgehead atoms. The zero-order chi connectivity index (χ0) is 21.3. The summed E-state index contributed by atoms with van der Waals surface area (Å²) in [6.07, 6.45) is -5.73. The van der Waals surface area contributed by atoms with E-state index in [-0.39, 0.29) is 18.6 Å². The number of rotatable bonds is 0. The number of esters is 1. The number of aliphatic hydroxyl groups excluding tert-OH is 4. The van der Waals surface area contributed by atoms with Crippen LogP contribution in [0.3, 0.4) is 0 Å². The standard InChI is InChI=1S/C20H26O9/c1-7-4-10(21)13(23)17(3)9(7)5-11-18-6-28-20(27,16(17)18)12(22)8(2)19(18,26)14(24)15(25)29-11/h4,9-14,16,21-24,26-27H,2,5-6H2,1,3H3/t9-,10-,11+,12+,13+,14-,16+,17+,18+,19-,20-/m0/s1. The summed E-state index contributed by atoms with van der Waals surface area (Å²) in [6.45, 7) is 6.79. The van der Waals surface area contributed by atoms with E-state index in [0.29, 0.717) is 0 Å². The predicted octanol–water partition coefficient (Wildman–Crippen LogP) is -2.04. The highest BCUT2D eigenvalue weighted by molar-refractivity contribution is 5.79. The van der Waals surface area contributed by atoms with Gasteiger partial charge in [-0.3, -0.25) is 0 Å². The number of carbonyl (C=O) groups excluding carboxylic acids is 1. The Morgan fingerprint density at radius 1 is 1.17 bits per heavy atom. The summed E-state index contributed by atoms with van der Waals surface area (Å²) >= 11 is 0. The fourth-order valence-electron chi connectivity index (χ4n) is 7.36. The SMILES string of the molecule is C=C1[C@@H](O)[C@]2(O)OC[C@]34[C@H]2[C@@]2(C)[C@H](O)[C@@H](O)C=C(C)[C@@H]2C[C@H]3OC(=O)[C@H](O)[C@@]14O. The van der Waals surface area contributed by atoms with Gasteiger partial charge in [0.1, 0.15) is 17.8 Å². The van der Waals surface area contributed by atoms with E-state index in [9.17, 15) is 35.4 Å². The average molecular weight is 410 g/mol. The van der Waals surface area contributed by atoms with Gasteiger partial charge in [-0.2, -0.15) is 0 Å². The molecular weight excluding hydrogens is 384 g/mol. The minimum absolute atomic E-state index is 0.183. The van der Waals surface area contributed by atoms with Crippen LogP contribution in [-0.4, -0.2) is 85.1 Å². The second kappa shape index (κ2) is 5.28. The molecule has 2 aliphatic heterocycles. The Morgan fingerprint density at radius 2 is 1.83 bits per heavy atom. The van der Waals surface area contributed by atoms with Crippen molar-refractivity contribution in [3.05, 3.63) is 23.8 Å². The molecule has 1 spiro atoms. The predicted molar refractivity (Wildman–Crippen MR) is 94.8 cm³/mol. The first-order valence-electron chi connectivity index (χ1n) is 9.77. The monoisotopic (exact) mass is 410 g/mol. The van der Waals surface area contributed by atoms with Gasteiger partial charge in [0, 0.05) is 11.3 Å². The van der Waals surface area contributed by atoms with E-state index < -0.39 is 70.5 Å². The van der Waals surface area contributed by atoms with Gasteiger partial charge in [0.25, 0.3) is 0 Å². The summed E-state index contributed by atoms with van der Waals surface area (Å²) < 4.78 is 11.2. The molecule has 11 atom stereocenters. The van der Waals surface area contributed by atoms with Crippen LogP contribution in [0, 0.1) is 22.7 Å². The van der Waals surface area contributed by atoms with Gasteiger partial charge >= 0.3 is 5.97 Å². The Balaban J connectivity index is 1.84. The molecule has 0 amide bonds. The maximum Gasteiger partial charge on any atom is 0.338 e. The van der Waals surface area contributed by atoms with Gasteiger partial charge in [-0.1, -0.05) is 25.2 Å². The smallest absolute Gasteiger partial charge is 0.338 e. The van der Waals surface area contributed by atoms with Crippen LogP contribution < -0.4 is 0 Å². The van der Waals surface area contributed by atoms with Crippen LogP contribution in [0.1, 0.15) is 20.3 Å². The van der Waals surface area contributed by atoms with E-state index in [1.165, 1.54) is 6.08 Å². The van der Waals surface area contributed by atoms with Gasteiger partial charge in [0.15, 0.2) is 6.10 Å². The molecule has 160 valence electrons. The maximum atomic E-state index is 12.4. The quantitative estimate of drug-likeness (QED) is 0.196. The average Bonchev–Trinajstić information content (AvgIpc) is 2.98. The van der Waals surface area contributed by atoms with Crippen LogP contribution in [0.2, 0.25) is 0 Å². The van der Waals surface area contributed by atoms with Crippen LogP contribution in [0.25, 0.3) is 0 Å². The minimum Gasteiger partial charge on any atom is -0.460 e. The summed E-state index contributed by atoms with van der Waals surface area (Å²) in [5, 5.41) is 66.3. The van der Waals surface area contributed by atoms with Crippen LogP contribution in [-0.2, 0) is 14.3 Å². The highest BCUT2D eigenvalue weighted by atomic mass is 16.7. The Hall–Kier alpha value is -1.33. The maximum absolute atomic E-state index is 12.4. The topological polar surface area (TPSA) is 157 Å². The molecular formula is C20H26O9. The lowest BCUT2D eigenvalue weighted by Gasteiger charge is -2.69. The molecule has 29 heavy (non-hydrogen) atoms. The first-order chi connectivity index (χ1) is 13.4. The van der Waals surface area contributed by atoms with Gasteiger partial charge in [-0.05, 0) is 24.8 Å². The molecule has 2 saturated carbocycles. The molecule has 2 heterocycles. The van der Waals surface area contributed by atoms with Gasteiger partial charge in [0.2, 0.25) is 5.79 Å². The van der Waals surface area contributed by atoms with Crippen molar-refractivity contribution in [2.24, 2.45) is 22.7 Å². The lowest BCUT2D eigenvalue weighted by molar-refractivity contribution is -0.343. The molecule has 6 N–H and O–H groups in total. The highest BCUT2D eigenvalue weighted by Crippen LogP contribution is 2.74. The van der Waals surface area contributed by atoms with Gasteiger partial charge in [-0.15, -0.1) is 0 Å². The Bertz CT molecular complexity index is 855. The van der Waals surface area contributed by atoms with Gasteiger partial charge in [0.05, 0.1) is 24.2 Å². The number of carbonyl (C=O) groups is 1. The summed E-state index contributed by atoms with van der Waals surface area (Å²) in [5.74, 6) is -4.92. The molecule has 9 nitrogen and oxygen atoms in total. The molecule has 5 rings (SSSR count). The molecule has 5 aliphatic rings. The van der Waals surface area contributed by atoms with Crippen molar-refractivity contribution in [2.75, 3.05) is 6.61 Å². The first-order valence-corrected chi connectivity index (χ1v) is 9.77. The van der Waals surface area contributed by atoms with Crippen molar-refractivity contribution >= 4 is 5.97 Å². The van der Waals surface area contributed by atoms with E-state index in [1.807, 2.05) is 0 Å². The number of hydrogen-bond acceptors (Lipinski definition) is 9. The van der Waals surface area contributed by atoms with E-state index in [4.69, 9.17) is 9.47 Å². The third-order valence-corrected chi connectivity index (χ3v) is 8.61. The molecule has 0 unspecified atom stereocenters. The minimum atomic E-state index is -2.34. The molecule has 0 aromatic heterocycles. The zero-order valence-corrected chi connectivity index (χ0v) is 16.1. The van der Waals surface area contributed by atoms with E-state index in [0.717, 1.165) is 5.57 Å². The summed E-state index contributed by atoms with van der Waals surface area (Å²) in [6, 6.07) is 0. The summed E-state index contributed by atoms with van der Waals surface area (Å²) in [5.41, 5.74) is -4.77. The fraction of sp³-hybridized carbons (Fsp3) is 0.750. The number of hydrogen-bond donors (Lipinski definition) is 6. The van der Waals surface area contributed by atoms with Crippen LogP contribution >= 0.6 is 0 Å². The molecule has 0 aromatic rings. The second-order valence-electron chi connectivity index (χ2n) is 9.54. The third-order valence-electron chi connectivity index (χ3n) is 8.61. The van der Waals surface area contributed by atoms with Crippen molar-refractivity contribution < 1.29 is 44.9 Å². The largest absolute Gasteiger partial charge is 0.460 e. The number of aliphatic hydroxyl groups is 6. The molecule has 9 heteroatoms. The Labute approximate surface area is 166 Å². The van der Waals surface area contributed by atoms with Crippen LogP contribution in [0.4, 0.5) is 0 Å². The molecule has 0 radical (unpaired) electrons. The number of ether oxygens (including phenoxy) is 2. The van der Waals surface area contributed by atoms with Crippen molar-refractivity contribution in [1.82, 2.24) is 0 Å². The van der Waals surface area contributed by atoms with E-state index in [2.05, 4.69) is 6.58 Å². The fourth-order valence-corrected chi connectivity index (χ4v) is 7.36. The van der Waals surface area contributed by atoms with E-state index >= 15 is 0 Å². The zero-order valence-electron chi connectivity index (χ0n) is 16.1. The van der Waals surface area contributed by atoms with Gasteiger partial charge in [-0.25, -0.2) is 4.79 Å². The van der Waals surface area contributed by atoms with E-state index in [1.54, 1.807) is 13.8 Å². The molecule has 3 aliphatic carbocycles. The molecule has 0 aromatic carbocycles. The van der Waals surface area contributed by atoms with Crippen molar-refractivity contribution in [1.29, 1.82) is 0 Å². The normalized spacial score (nSPS) is 60.8. The summed E-state index contributed by atoms with van der Waals surface area (Å²) in [4.78, 5) is 12.4.